The third-order valence-electron chi connectivity index (χ3n) is 2.83. The minimum Gasteiger partial charge on any atom is -0.328 e. The molecular weight excluding hydrogens is 244 g/mol. The number of aromatic nitrogens is 2. The van der Waals surface area contributed by atoms with Crippen molar-refractivity contribution in [3.05, 3.63) is 81.1 Å². The van der Waals surface area contributed by atoms with Crippen molar-refractivity contribution in [2.45, 2.75) is 0 Å². The Morgan fingerprint density at radius 1 is 0.950 bits per heavy atom. The molecule has 0 spiro atoms. The first kappa shape index (κ1) is 15.4. The Labute approximate surface area is 120 Å². The molecule has 3 aromatic rings. The third kappa shape index (κ3) is 3.04. The molecule has 0 aliphatic heterocycles. The molecule has 2 heteroatoms. The Hall–Kier alpha value is -2.61. The molecule has 0 fully saturated rings. The van der Waals surface area contributed by atoms with Crippen LogP contribution in [0.2, 0.25) is 0 Å². The number of fused-ring (bicyclic) bond motifs is 3. The lowest BCUT2D eigenvalue weighted by molar-refractivity contribution is 0.990. The molecule has 0 N–H and O–H groups in total. The highest BCUT2D eigenvalue weighted by Gasteiger charge is 2.06. The summed E-state index contributed by atoms with van der Waals surface area (Å²) < 4.78 is 2.13. The molecule has 2 nitrogen and oxygen atoms in total. The highest BCUT2D eigenvalue weighted by molar-refractivity contribution is 6.06. The summed E-state index contributed by atoms with van der Waals surface area (Å²) in [7, 11) is 2.05. The van der Waals surface area contributed by atoms with Gasteiger partial charge in [-0.3, -0.25) is 0 Å². The topological polar surface area (TPSA) is 17.8 Å². The molecule has 102 valence electrons. The zero-order valence-electron chi connectivity index (χ0n) is 11.9. The molecule has 1 aromatic carbocycles. The Balaban J connectivity index is 0.000000291. The fraction of sp³-hybridized carbons (Fsp3) is 0.0556. The maximum Gasteiger partial charge on any atom is 0.140 e. The van der Waals surface area contributed by atoms with E-state index in [1.807, 2.05) is 12.3 Å². The number of benzene rings is 1. The summed E-state index contributed by atoms with van der Waals surface area (Å²) in [4.78, 5) is 4.38. The van der Waals surface area contributed by atoms with Crippen LogP contribution in [0.4, 0.5) is 0 Å². The smallest absolute Gasteiger partial charge is 0.140 e. The summed E-state index contributed by atoms with van der Waals surface area (Å²) in [6, 6.07) is 12.5. The fourth-order valence-electron chi connectivity index (χ4n) is 1.98. The molecule has 0 radical (unpaired) electrons. The lowest BCUT2D eigenvalue weighted by atomic mass is 10.2. The van der Waals surface area contributed by atoms with Gasteiger partial charge < -0.3 is 4.57 Å². The minimum absolute atomic E-state index is 1.05. The lowest BCUT2D eigenvalue weighted by Crippen LogP contribution is -1.87. The van der Waals surface area contributed by atoms with Gasteiger partial charge in [-0.1, -0.05) is 43.5 Å². The van der Waals surface area contributed by atoms with E-state index in [9.17, 15) is 0 Å². The Morgan fingerprint density at radius 2 is 1.55 bits per heavy atom. The van der Waals surface area contributed by atoms with Gasteiger partial charge in [-0.15, -0.1) is 13.2 Å². The van der Waals surface area contributed by atoms with Gasteiger partial charge in [0.05, 0.1) is 5.52 Å². The van der Waals surface area contributed by atoms with E-state index in [1.54, 1.807) is 12.2 Å². The van der Waals surface area contributed by atoms with Gasteiger partial charge in [-0.05, 0) is 18.2 Å². The van der Waals surface area contributed by atoms with Crippen molar-refractivity contribution >= 4 is 21.9 Å². The summed E-state index contributed by atoms with van der Waals surface area (Å²) in [5.74, 6) is 0. The van der Waals surface area contributed by atoms with Crippen LogP contribution < -0.4 is 0 Å². The molecule has 3 rings (SSSR count). The number of aryl methyl sites for hydroxylation is 1. The molecule has 0 aliphatic rings. The maximum atomic E-state index is 4.38. The van der Waals surface area contributed by atoms with Crippen LogP contribution in [0.3, 0.4) is 0 Å². The van der Waals surface area contributed by atoms with Crippen LogP contribution in [0.25, 0.3) is 21.9 Å². The highest BCUT2D eigenvalue weighted by Crippen LogP contribution is 2.25. The van der Waals surface area contributed by atoms with E-state index in [1.165, 1.54) is 16.3 Å². The monoisotopic (exact) mass is 264 g/mol. The second-order valence-electron chi connectivity index (χ2n) is 3.92. The summed E-state index contributed by atoms with van der Waals surface area (Å²) >= 11 is 0. The first-order chi connectivity index (χ1) is 9.79. The van der Waals surface area contributed by atoms with Crippen molar-refractivity contribution in [3.8, 4) is 0 Å². The molecule has 0 unspecified atom stereocenters. The average molecular weight is 264 g/mol. The molecule has 0 bridgehead atoms. The number of nitrogens with zero attached hydrogens (tertiary/aromatic N) is 2. The van der Waals surface area contributed by atoms with Crippen LogP contribution >= 0.6 is 0 Å². The van der Waals surface area contributed by atoms with Crippen LogP contribution in [0.1, 0.15) is 0 Å². The Bertz CT molecular complexity index is 648. The van der Waals surface area contributed by atoms with Crippen molar-refractivity contribution in [1.29, 1.82) is 0 Å². The number of hydrogen-bond acceptors (Lipinski definition) is 1. The van der Waals surface area contributed by atoms with E-state index in [0.29, 0.717) is 0 Å². The van der Waals surface area contributed by atoms with Crippen molar-refractivity contribution in [3.63, 3.8) is 0 Å². The summed E-state index contributed by atoms with van der Waals surface area (Å²) in [6.45, 7) is 12.7. The van der Waals surface area contributed by atoms with E-state index in [0.717, 1.165) is 5.65 Å². The molecule has 2 heterocycles. The summed E-state index contributed by atoms with van der Waals surface area (Å²) in [5.41, 5.74) is 2.29. The van der Waals surface area contributed by atoms with Crippen molar-refractivity contribution in [1.82, 2.24) is 9.55 Å². The van der Waals surface area contributed by atoms with E-state index in [-0.39, 0.29) is 0 Å². The van der Waals surface area contributed by atoms with Crippen molar-refractivity contribution in [2.24, 2.45) is 7.05 Å². The molecule has 0 aliphatic carbocycles. The first-order valence-corrected chi connectivity index (χ1v) is 6.31. The summed E-state index contributed by atoms with van der Waals surface area (Å²) in [6.07, 6.45) is 5.11. The molecule has 0 atom stereocenters. The number of rotatable bonds is 1. The second-order valence-corrected chi connectivity index (χ2v) is 3.92. The predicted molar refractivity (Wildman–Crippen MR) is 89.9 cm³/mol. The Morgan fingerprint density at radius 3 is 2.20 bits per heavy atom. The molecular formula is C18H20N2. The summed E-state index contributed by atoms with van der Waals surface area (Å²) in [5, 5.41) is 2.50. The zero-order chi connectivity index (χ0) is 15.0. The van der Waals surface area contributed by atoms with E-state index < -0.39 is 0 Å². The minimum atomic E-state index is 1.05. The third-order valence-corrected chi connectivity index (χ3v) is 2.83. The van der Waals surface area contributed by atoms with Gasteiger partial charge in [0, 0.05) is 24.0 Å². The Kier molecular flexibility index (Phi) is 5.98. The standard InChI is InChI=1S/C12H10N2.C4H6.C2H4/c1-14-11-7-3-2-5-9(11)10-6-4-8-13-12(10)14;1-3-4-2;1-2/h2-8H,1H3;3-4H,1-2H2;1-2H2. The SMILES string of the molecule is C=C.C=CC=C.Cn1c2ccccc2c2cccnc21. The lowest BCUT2D eigenvalue weighted by Gasteiger charge is -1.94. The van der Waals surface area contributed by atoms with E-state index in [2.05, 4.69) is 73.2 Å². The van der Waals surface area contributed by atoms with Crippen LogP contribution in [0.5, 0.6) is 0 Å². The fourth-order valence-corrected chi connectivity index (χ4v) is 1.98. The number of allylic oxidation sites excluding steroid dienone is 2. The normalized spacial score (nSPS) is 9.05. The number of hydrogen-bond donors (Lipinski definition) is 0. The van der Waals surface area contributed by atoms with Gasteiger partial charge in [-0.2, -0.15) is 0 Å². The van der Waals surface area contributed by atoms with E-state index >= 15 is 0 Å². The van der Waals surface area contributed by atoms with Crippen LogP contribution in [-0.4, -0.2) is 9.55 Å². The van der Waals surface area contributed by atoms with Gasteiger partial charge in [0.1, 0.15) is 5.65 Å². The molecule has 0 saturated heterocycles. The maximum absolute atomic E-state index is 4.38. The molecule has 0 saturated carbocycles. The molecule has 0 amide bonds. The zero-order valence-corrected chi connectivity index (χ0v) is 11.9. The highest BCUT2D eigenvalue weighted by atomic mass is 15.0. The number of pyridine rings is 1. The predicted octanol–water partition coefficient (Wildman–Crippen LogP) is 4.89. The van der Waals surface area contributed by atoms with Gasteiger partial charge >= 0.3 is 0 Å². The molecule has 20 heavy (non-hydrogen) atoms. The van der Waals surface area contributed by atoms with Gasteiger partial charge in [0.2, 0.25) is 0 Å². The van der Waals surface area contributed by atoms with Crippen LogP contribution in [-0.2, 0) is 7.05 Å². The second kappa shape index (κ2) is 7.74. The largest absolute Gasteiger partial charge is 0.328 e. The van der Waals surface area contributed by atoms with Gasteiger partial charge in [-0.25, -0.2) is 4.98 Å². The van der Waals surface area contributed by atoms with E-state index in [4.69, 9.17) is 0 Å². The number of para-hydroxylation sites is 1. The van der Waals surface area contributed by atoms with Crippen LogP contribution in [0, 0.1) is 0 Å². The van der Waals surface area contributed by atoms with Gasteiger partial charge in [0.15, 0.2) is 0 Å². The van der Waals surface area contributed by atoms with Gasteiger partial charge in [0.25, 0.3) is 0 Å². The van der Waals surface area contributed by atoms with Crippen molar-refractivity contribution < 1.29 is 0 Å². The quantitative estimate of drug-likeness (QED) is 0.452. The van der Waals surface area contributed by atoms with Crippen molar-refractivity contribution in [2.75, 3.05) is 0 Å². The average Bonchev–Trinajstić information content (AvgIpc) is 2.84. The molecule has 2 aromatic heterocycles. The van der Waals surface area contributed by atoms with Crippen LogP contribution in [0.15, 0.2) is 81.1 Å². The first-order valence-electron chi connectivity index (χ1n) is 6.31.